The number of carbonyl (C=O) groups is 2. The summed E-state index contributed by atoms with van der Waals surface area (Å²) in [7, 11) is 0. The van der Waals surface area contributed by atoms with Crippen LogP contribution < -0.4 is 10.6 Å². The molecule has 1 heterocycles. The Labute approximate surface area is 168 Å². The van der Waals surface area contributed by atoms with Crippen LogP contribution in [0.15, 0.2) is 78.9 Å². The van der Waals surface area contributed by atoms with Crippen molar-refractivity contribution in [2.75, 3.05) is 17.2 Å². The highest BCUT2D eigenvalue weighted by atomic mass is 16.3. The number of anilines is 2. The number of fused-ring (bicyclic) bond motifs is 1. The lowest BCUT2D eigenvalue weighted by molar-refractivity contribution is -0.116. The van der Waals surface area contributed by atoms with Gasteiger partial charge in [-0.25, -0.2) is 0 Å². The number of carbonyl (C=O) groups excluding carboxylic acids is 2. The highest BCUT2D eigenvalue weighted by Gasteiger charge is 2.32. The number of nitrogens with one attached hydrogen (secondary N) is 2. The van der Waals surface area contributed by atoms with Crippen molar-refractivity contribution in [2.45, 2.75) is 12.6 Å². The van der Waals surface area contributed by atoms with Gasteiger partial charge >= 0.3 is 0 Å². The van der Waals surface area contributed by atoms with Crippen LogP contribution in [0.5, 0.6) is 5.75 Å². The second kappa shape index (κ2) is 8.06. The minimum absolute atomic E-state index is 0.00709. The molecule has 1 aliphatic heterocycles. The SMILES string of the molecule is O=C(CCN1C(=O)c2ccccc2N[C@@H]1c1ccccc1)Nc1ccccc1O. The Kier molecular flexibility index (Phi) is 5.16. The predicted octanol–water partition coefficient (Wildman–Crippen LogP) is 3.99. The number of nitrogens with zero attached hydrogens (tertiary/aromatic N) is 1. The molecule has 0 bridgehead atoms. The lowest BCUT2D eigenvalue weighted by Crippen LogP contribution is -2.44. The lowest BCUT2D eigenvalue weighted by Gasteiger charge is -2.38. The average molecular weight is 387 g/mol. The Morgan fingerprint density at radius 2 is 1.66 bits per heavy atom. The predicted molar refractivity (Wildman–Crippen MR) is 112 cm³/mol. The van der Waals surface area contributed by atoms with E-state index >= 15 is 0 Å². The Morgan fingerprint density at radius 1 is 0.966 bits per heavy atom. The van der Waals surface area contributed by atoms with Gasteiger partial charge in [-0.2, -0.15) is 0 Å². The van der Waals surface area contributed by atoms with Crippen molar-refractivity contribution in [3.05, 3.63) is 90.0 Å². The van der Waals surface area contributed by atoms with Crippen molar-refractivity contribution >= 4 is 23.2 Å². The summed E-state index contributed by atoms with van der Waals surface area (Å²) in [5.41, 5.74) is 2.66. The van der Waals surface area contributed by atoms with Crippen LogP contribution in [0, 0.1) is 0 Å². The van der Waals surface area contributed by atoms with Crippen molar-refractivity contribution in [1.82, 2.24) is 4.90 Å². The minimum Gasteiger partial charge on any atom is -0.506 e. The first-order valence-electron chi connectivity index (χ1n) is 9.43. The summed E-state index contributed by atoms with van der Waals surface area (Å²) in [6.45, 7) is 0.235. The van der Waals surface area contributed by atoms with Gasteiger partial charge < -0.3 is 20.6 Å². The van der Waals surface area contributed by atoms with E-state index in [-0.39, 0.29) is 36.7 Å². The number of para-hydroxylation sites is 3. The molecular weight excluding hydrogens is 366 g/mol. The molecule has 0 aromatic heterocycles. The van der Waals surface area contributed by atoms with Gasteiger partial charge in [-0.1, -0.05) is 54.6 Å². The maximum Gasteiger partial charge on any atom is 0.257 e. The third kappa shape index (κ3) is 3.91. The van der Waals surface area contributed by atoms with Crippen LogP contribution in [-0.2, 0) is 4.79 Å². The standard InChI is InChI=1S/C23H21N3O3/c27-20-13-7-6-12-19(20)24-21(28)14-15-26-22(16-8-2-1-3-9-16)25-18-11-5-4-10-17(18)23(26)29/h1-13,22,25,27H,14-15H2,(H,24,28)/t22-/m0/s1. The molecule has 1 aliphatic rings. The number of phenolic OH excluding ortho intramolecular Hbond substituents is 1. The first-order chi connectivity index (χ1) is 14.1. The highest BCUT2D eigenvalue weighted by Crippen LogP contribution is 2.33. The second-order valence-electron chi connectivity index (χ2n) is 6.82. The van der Waals surface area contributed by atoms with Crippen LogP contribution in [0.2, 0.25) is 0 Å². The fraction of sp³-hybridized carbons (Fsp3) is 0.130. The van der Waals surface area contributed by atoms with Gasteiger partial charge in [0.15, 0.2) is 0 Å². The Hall–Kier alpha value is -3.80. The number of amides is 2. The summed E-state index contributed by atoms with van der Waals surface area (Å²) in [5, 5.41) is 15.9. The molecule has 6 heteroatoms. The van der Waals surface area contributed by atoms with E-state index in [1.807, 2.05) is 48.5 Å². The van der Waals surface area contributed by atoms with Gasteiger partial charge in [0, 0.05) is 18.7 Å². The normalized spacial score (nSPS) is 15.4. The molecule has 0 spiro atoms. The first kappa shape index (κ1) is 18.6. The number of aromatic hydroxyl groups is 1. The zero-order valence-corrected chi connectivity index (χ0v) is 15.7. The third-order valence-corrected chi connectivity index (χ3v) is 4.90. The van der Waals surface area contributed by atoms with Crippen molar-refractivity contribution < 1.29 is 14.7 Å². The van der Waals surface area contributed by atoms with Gasteiger partial charge in [0.2, 0.25) is 5.91 Å². The largest absolute Gasteiger partial charge is 0.506 e. The molecule has 29 heavy (non-hydrogen) atoms. The summed E-state index contributed by atoms with van der Waals surface area (Å²) in [5.74, 6) is -0.388. The van der Waals surface area contributed by atoms with E-state index in [1.165, 1.54) is 6.07 Å². The van der Waals surface area contributed by atoms with Crippen LogP contribution in [0.3, 0.4) is 0 Å². The summed E-state index contributed by atoms with van der Waals surface area (Å²) in [4.78, 5) is 27.2. The lowest BCUT2D eigenvalue weighted by atomic mass is 10.0. The number of hydrogen-bond donors (Lipinski definition) is 3. The minimum atomic E-state index is -0.364. The van der Waals surface area contributed by atoms with E-state index in [0.717, 1.165) is 11.3 Å². The Bertz CT molecular complexity index is 1040. The molecule has 3 aromatic rings. The number of rotatable bonds is 5. The van der Waals surface area contributed by atoms with E-state index in [2.05, 4.69) is 10.6 Å². The zero-order chi connectivity index (χ0) is 20.2. The van der Waals surface area contributed by atoms with Gasteiger partial charge in [0.25, 0.3) is 5.91 Å². The number of benzene rings is 3. The molecule has 0 radical (unpaired) electrons. The summed E-state index contributed by atoms with van der Waals surface area (Å²) in [6, 6.07) is 23.6. The zero-order valence-electron chi connectivity index (χ0n) is 15.7. The van der Waals surface area contributed by atoms with E-state index in [1.54, 1.807) is 29.2 Å². The van der Waals surface area contributed by atoms with Gasteiger partial charge in [0.05, 0.1) is 11.3 Å². The number of hydrogen-bond acceptors (Lipinski definition) is 4. The molecule has 3 N–H and O–H groups in total. The third-order valence-electron chi connectivity index (χ3n) is 4.90. The maximum absolute atomic E-state index is 13.1. The fourth-order valence-corrected chi connectivity index (χ4v) is 3.44. The molecular formula is C23H21N3O3. The van der Waals surface area contributed by atoms with Crippen LogP contribution in [0.25, 0.3) is 0 Å². The van der Waals surface area contributed by atoms with E-state index in [4.69, 9.17) is 0 Å². The highest BCUT2D eigenvalue weighted by molar-refractivity contribution is 6.02. The molecule has 0 fully saturated rings. The molecule has 0 saturated carbocycles. The van der Waals surface area contributed by atoms with E-state index < -0.39 is 0 Å². The van der Waals surface area contributed by atoms with Crippen molar-refractivity contribution in [3.63, 3.8) is 0 Å². The molecule has 2 amide bonds. The summed E-state index contributed by atoms with van der Waals surface area (Å²) in [6.07, 6.45) is -0.260. The molecule has 0 saturated heterocycles. The molecule has 146 valence electrons. The average Bonchev–Trinajstić information content (AvgIpc) is 2.75. The molecule has 0 aliphatic carbocycles. The topological polar surface area (TPSA) is 81.7 Å². The van der Waals surface area contributed by atoms with Crippen LogP contribution in [-0.4, -0.2) is 28.4 Å². The Balaban J connectivity index is 1.54. The van der Waals surface area contributed by atoms with Gasteiger partial charge in [-0.3, -0.25) is 9.59 Å². The number of phenols is 1. The summed E-state index contributed by atoms with van der Waals surface area (Å²) >= 11 is 0. The van der Waals surface area contributed by atoms with Crippen LogP contribution in [0.1, 0.15) is 28.5 Å². The quantitative estimate of drug-likeness (QED) is 0.578. The van der Waals surface area contributed by atoms with Crippen molar-refractivity contribution in [2.24, 2.45) is 0 Å². The monoisotopic (exact) mass is 387 g/mol. The van der Waals surface area contributed by atoms with E-state index in [9.17, 15) is 14.7 Å². The summed E-state index contributed by atoms with van der Waals surface area (Å²) < 4.78 is 0. The van der Waals surface area contributed by atoms with E-state index in [0.29, 0.717) is 11.3 Å². The van der Waals surface area contributed by atoms with Crippen molar-refractivity contribution in [3.8, 4) is 5.75 Å². The molecule has 3 aromatic carbocycles. The Morgan fingerprint density at radius 3 is 2.45 bits per heavy atom. The maximum atomic E-state index is 13.1. The molecule has 4 rings (SSSR count). The molecule has 0 unspecified atom stereocenters. The second-order valence-corrected chi connectivity index (χ2v) is 6.82. The van der Waals surface area contributed by atoms with Gasteiger partial charge in [-0.15, -0.1) is 0 Å². The van der Waals surface area contributed by atoms with Gasteiger partial charge in [0.1, 0.15) is 11.9 Å². The molecule has 6 nitrogen and oxygen atoms in total. The fourth-order valence-electron chi connectivity index (χ4n) is 3.44. The van der Waals surface area contributed by atoms with Crippen LogP contribution >= 0.6 is 0 Å². The van der Waals surface area contributed by atoms with Gasteiger partial charge in [-0.05, 0) is 29.8 Å². The van der Waals surface area contributed by atoms with Crippen molar-refractivity contribution in [1.29, 1.82) is 0 Å². The van der Waals surface area contributed by atoms with Crippen LogP contribution in [0.4, 0.5) is 11.4 Å². The smallest absolute Gasteiger partial charge is 0.257 e. The molecule has 1 atom stereocenters. The first-order valence-corrected chi connectivity index (χ1v) is 9.43.